The summed E-state index contributed by atoms with van der Waals surface area (Å²) >= 11 is 6.23. The van der Waals surface area contributed by atoms with Crippen molar-refractivity contribution >= 4 is 23.2 Å². The van der Waals surface area contributed by atoms with Crippen LogP contribution in [-0.2, 0) is 16.1 Å². The van der Waals surface area contributed by atoms with Crippen LogP contribution in [0.25, 0.3) is 28.0 Å². The number of imidazole rings is 1. The van der Waals surface area contributed by atoms with Crippen molar-refractivity contribution < 1.29 is 14.3 Å². The number of carbonyl (C=O) groups excluding carboxylic acids is 1. The number of amides is 1. The Labute approximate surface area is 253 Å². The van der Waals surface area contributed by atoms with Gasteiger partial charge in [0.2, 0.25) is 5.91 Å². The molecule has 2 aromatic heterocycles. The van der Waals surface area contributed by atoms with E-state index in [9.17, 15) is 4.79 Å². The van der Waals surface area contributed by atoms with Crippen LogP contribution >= 0.6 is 11.6 Å². The number of aromatic nitrogens is 2. The van der Waals surface area contributed by atoms with Crippen molar-refractivity contribution in [3.05, 3.63) is 77.6 Å². The number of carbonyl (C=O) groups is 1. The lowest BCUT2D eigenvalue weighted by Crippen LogP contribution is -2.50. The van der Waals surface area contributed by atoms with Crippen LogP contribution in [0.1, 0.15) is 38.3 Å². The number of hydrogen-bond acceptors (Lipinski definition) is 5. The van der Waals surface area contributed by atoms with Gasteiger partial charge in [0.25, 0.3) is 0 Å². The molecule has 7 nitrogen and oxygen atoms in total. The van der Waals surface area contributed by atoms with Crippen LogP contribution in [-0.4, -0.2) is 71.1 Å². The zero-order valence-electron chi connectivity index (χ0n) is 24.5. The largest absolute Gasteiger partial charge is 0.494 e. The Kier molecular flexibility index (Phi) is 8.79. The van der Waals surface area contributed by atoms with E-state index in [0.717, 1.165) is 97.9 Å². The number of benzene rings is 2. The highest BCUT2D eigenvalue weighted by Gasteiger charge is 2.32. The predicted octanol–water partition coefficient (Wildman–Crippen LogP) is 6.57. The molecule has 4 aromatic rings. The average molecular weight is 587 g/mol. The van der Waals surface area contributed by atoms with E-state index < -0.39 is 0 Å². The number of ether oxygens (including phenoxy) is 2. The summed E-state index contributed by atoms with van der Waals surface area (Å²) in [6.45, 7) is 6.51. The van der Waals surface area contributed by atoms with Crippen LogP contribution in [0.15, 0.2) is 66.9 Å². The molecule has 2 aliphatic rings. The van der Waals surface area contributed by atoms with E-state index in [0.29, 0.717) is 17.5 Å². The Morgan fingerprint density at radius 3 is 2.52 bits per heavy atom. The number of halogens is 1. The van der Waals surface area contributed by atoms with Crippen LogP contribution in [0, 0.1) is 5.92 Å². The minimum Gasteiger partial charge on any atom is -0.494 e. The van der Waals surface area contributed by atoms with Gasteiger partial charge in [0.05, 0.1) is 24.1 Å². The van der Waals surface area contributed by atoms with Crippen LogP contribution in [0.2, 0.25) is 5.02 Å². The maximum absolute atomic E-state index is 13.3. The topological polar surface area (TPSA) is 59.3 Å². The summed E-state index contributed by atoms with van der Waals surface area (Å²) in [7, 11) is 1.76. The molecule has 0 spiro atoms. The van der Waals surface area contributed by atoms with Crippen molar-refractivity contribution in [2.24, 2.45) is 5.92 Å². The molecule has 2 aromatic carbocycles. The van der Waals surface area contributed by atoms with Crippen molar-refractivity contribution in [3.8, 4) is 28.1 Å². The van der Waals surface area contributed by atoms with Crippen molar-refractivity contribution in [2.75, 3.05) is 39.9 Å². The van der Waals surface area contributed by atoms with Gasteiger partial charge in [0, 0.05) is 62.5 Å². The SMILES string of the molecule is CCOc1cccc(-c2ccc3nc(-c4ccc(Cl)cc4)c(CN4CCN(C(=O)[C@H]5CCC[C@@H](OC)C5)CC4)n3c2)c1. The quantitative estimate of drug-likeness (QED) is 0.234. The Morgan fingerprint density at radius 2 is 1.76 bits per heavy atom. The van der Waals surface area contributed by atoms with Gasteiger partial charge in [-0.05, 0) is 73.7 Å². The fourth-order valence-corrected chi connectivity index (χ4v) is 6.49. The van der Waals surface area contributed by atoms with E-state index in [2.05, 4.69) is 44.7 Å². The van der Waals surface area contributed by atoms with Gasteiger partial charge in [-0.15, -0.1) is 0 Å². The summed E-state index contributed by atoms with van der Waals surface area (Å²) < 4.78 is 13.6. The van der Waals surface area contributed by atoms with Crippen LogP contribution < -0.4 is 4.74 Å². The second-order valence-electron chi connectivity index (χ2n) is 11.3. The molecule has 3 heterocycles. The van der Waals surface area contributed by atoms with E-state index in [-0.39, 0.29) is 12.0 Å². The maximum atomic E-state index is 13.3. The van der Waals surface area contributed by atoms with Gasteiger partial charge in [0.1, 0.15) is 11.4 Å². The minimum atomic E-state index is 0.0881. The predicted molar refractivity (Wildman–Crippen MR) is 167 cm³/mol. The molecule has 0 radical (unpaired) electrons. The zero-order chi connectivity index (χ0) is 29.1. The van der Waals surface area contributed by atoms with Gasteiger partial charge in [0.15, 0.2) is 0 Å². The first-order chi connectivity index (χ1) is 20.5. The second-order valence-corrected chi connectivity index (χ2v) is 11.8. The van der Waals surface area contributed by atoms with Crippen molar-refractivity contribution in [2.45, 2.75) is 45.3 Å². The molecular weight excluding hydrogens is 548 g/mol. The third-order valence-corrected chi connectivity index (χ3v) is 8.93. The van der Waals surface area contributed by atoms with Crippen molar-refractivity contribution in [1.82, 2.24) is 19.2 Å². The number of pyridine rings is 1. The van der Waals surface area contributed by atoms with E-state index in [4.69, 9.17) is 26.1 Å². The lowest BCUT2D eigenvalue weighted by molar-refractivity contribution is -0.140. The lowest BCUT2D eigenvalue weighted by atomic mass is 9.86. The van der Waals surface area contributed by atoms with Gasteiger partial charge in [-0.1, -0.05) is 42.3 Å². The summed E-state index contributed by atoms with van der Waals surface area (Å²) in [5.74, 6) is 1.25. The molecule has 0 bridgehead atoms. The molecule has 2 atom stereocenters. The van der Waals surface area contributed by atoms with E-state index in [1.165, 1.54) is 0 Å². The van der Waals surface area contributed by atoms with E-state index in [1.54, 1.807) is 7.11 Å². The van der Waals surface area contributed by atoms with Crippen LogP contribution in [0.5, 0.6) is 5.75 Å². The molecule has 0 N–H and O–H groups in total. The van der Waals surface area contributed by atoms with Crippen LogP contribution in [0.3, 0.4) is 0 Å². The molecule has 1 aliphatic heterocycles. The highest BCUT2D eigenvalue weighted by molar-refractivity contribution is 6.30. The monoisotopic (exact) mass is 586 g/mol. The number of hydrogen-bond donors (Lipinski definition) is 0. The average Bonchev–Trinajstić information content (AvgIpc) is 3.39. The summed E-state index contributed by atoms with van der Waals surface area (Å²) in [4.78, 5) is 22.9. The highest BCUT2D eigenvalue weighted by Crippen LogP contribution is 2.31. The van der Waals surface area contributed by atoms with Gasteiger partial charge in [-0.25, -0.2) is 4.98 Å². The molecule has 1 aliphatic carbocycles. The third-order valence-electron chi connectivity index (χ3n) is 8.68. The van der Waals surface area contributed by atoms with Gasteiger partial charge in [-0.3, -0.25) is 9.69 Å². The third kappa shape index (κ3) is 6.19. The van der Waals surface area contributed by atoms with Gasteiger partial charge >= 0.3 is 0 Å². The molecule has 6 rings (SSSR count). The Balaban J connectivity index is 1.26. The molecular formula is C34H39ClN4O3. The van der Waals surface area contributed by atoms with E-state index in [1.807, 2.05) is 43.3 Å². The molecule has 0 unspecified atom stereocenters. The maximum Gasteiger partial charge on any atom is 0.225 e. The van der Waals surface area contributed by atoms with Gasteiger partial charge in [-0.2, -0.15) is 0 Å². The summed E-state index contributed by atoms with van der Waals surface area (Å²) in [5, 5.41) is 0.705. The Hall–Kier alpha value is -3.39. The van der Waals surface area contributed by atoms with Crippen LogP contribution in [0.4, 0.5) is 0 Å². The van der Waals surface area contributed by atoms with Crippen molar-refractivity contribution in [1.29, 1.82) is 0 Å². The molecule has 42 heavy (non-hydrogen) atoms. The fourth-order valence-electron chi connectivity index (χ4n) is 6.37. The molecule has 1 saturated carbocycles. The molecule has 8 heteroatoms. The minimum absolute atomic E-state index is 0.0881. The summed E-state index contributed by atoms with van der Waals surface area (Å²) in [6, 6.07) is 20.3. The Morgan fingerprint density at radius 1 is 0.976 bits per heavy atom. The van der Waals surface area contributed by atoms with Gasteiger partial charge < -0.3 is 18.8 Å². The first-order valence-electron chi connectivity index (χ1n) is 15.1. The zero-order valence-corrected chi connectivity index (χ0v) is 25.2. The molecule has 1 amide bonds. The normalized spacial score (nSPS) is 19.7. The Bertz CT molecular complexity index is 1530. The number of piperazine rings is 1. The smallest absolute Gasteiger partial charge is 0.225 e. The highest BCUT2D eigenvalue weighted by atomic mass is 35.5. The number of nitrogens with zero attached hydrogens (tertiary/aromatic N) is 4. The number of fused-ring (bicyclic) bond motifs is 1. The molecule has 2 fully saturated rings. The summed E-state index contributed by atoms with van der Waals surface area (Å²) in [5.41, 5.74) is 6.22. The first-order valence-corrected chi connectivity index (χ1v) is 15.4. The fraction of sp³-hybridized carbons (Fsp3) is 0.412. The van der Waals surface area contributed by atoms with E-state index >= 15 is 0 Å². The summed E-state index contributed by atoms with van der Waals surface area (Å²) in [6.07, 6.45) is 6.33. The second kappa shape index (κ2) is 12.9. The molecule has 1 saturated heterocycles. The first kappa shape index (κ1) is 28.7. The number of rotatable bonds is 8. The van der Waals surface area contributed by atoms with Crippen molar-refractivity contribution in [3.63, 3.8) is 0 Å². The molecule has 220 valence electrons. The number of methoxy groups -OCH3 is 1. The lowest BCUT2D eigenvalue weighted by Gasteiger charge is -2.38. The standard InChI is InChI=1S/C34H39ClN4O3/c1-3-42-30-9-4-6-25(20-30)27-12-15-32-36-33(24-10-13-28(35)14-11-24)31(39(32)22-27)23-37-16-18-38(19-17-37)34(40)26-7-5-8-29(21-26)41-2/h4,6,9-15,20,22,26,29H,3,5,7-8,16-19,21,23H2,1-2H3/t26-,29+/m0/s1.